The normalized spacial score (nSPS) is 18.7. The smallest absolute Gasteiger partial charge is 0.277 e. The van der Waals surface area contributed by atoms with E-state index in [0.29, 0.717) is 18.7 Å². The lowest BCUT2D eigenvalue weighted by Gasteiger charge is -2.30. The molecule has 2 N–H and O–H groups in total. The van der Waals surface area contributed by atoms with Gasteiger partial charge < -0.3 is 24.2 Å². The Kier molecular flexibility index (Phi) is 7.65. The van der Waals surface area contributed by atoms with E-state index in [1.807, 2.05) is 12.1 Å². The van der Waals surface area contributed by atoms with Crippen LogP contribution in [-0.2, 0) is 17.9 Å². The van der Waals surface area contributed by atoms with Crippen molar-refractivity contribution in [3.8, 4) is 11.5 Å². The monoisotopic (exact) mass is 417 g/mol. The highest BCUT2D eigenvalue weighted by molar-refractivity contribution is 5.76. The minimum Gasteiger partial charge on any atom is -0.493 e. The van der Waals surface area contributed by atoms with E-state index >= 15 is 0 Å². The molecular formula is C23H32FN3O3+2. The number of halogens is 1. The van der Waals surface area contributed by atoms with Gasteiger partial charge >= 0.3 is 0 Å². The number of quaternary nitrogens is 2. The number of methoxy groups -OCH3 is 2. The zero-order chi connectivity index (χ0) is 21.5. The van der Waals surface area contributed by atoms with Crippen LogP contribution < -0.4 is 19.3 Å². The van der Waals surface area contributed by atoms with E-state index in [1.54, 1.807) is 44.4 Å². The van der Waals surface area contributed by atoms with Crippen molar-refractivity contribution in [1.29, 1.82) is 0 Å². The molecule has 1 aliphatic rings. The van der Waals surface area contributed by atoms with Crippen molar-refractivity contribution in [1.82, 2.24) is 4.90 Å². The number of carbonyl (C=O) groups excluding carboxylic acids is 1. The summed E-state index contributed by atoms with van der Waals surface area (Å²) < 4.78 is 24.5. The Balaban J connectivity index is 1.46. The number of nitrogens with one attached hydrogen (secondary N) is 2. The maximum atomic E-state index is 13.8. The molecular weight excluding hydrogens is 385 g/mol. The van der Waals surface area contributed by atoms with Gasteiger partial charge in [-0.05, 0) is 24.3 Å². The molecule has 1 aliphatic heterocycles. The van der Waals surface area contributed by atoms with Crippen molar-refractivity contribution in [2.45, 2.75) is 13.1 Å². The Hall–Kier alpha value is -2.64. The summed E-state index contributed by atoms with van der Waals surface area (Å²) in [7, 11) is 5.03. The van der Waals surface area contributed by atoms with Crippen molar-refractivity contribution in [2.24, 2.45) is 0 Å². The SMILES string of the molecule is COc1ccc(C[NH+]2CC[NH+](CC(=O)N(C)Cc3ccccc3F)CC2)cc1OC. The van der Waals surface area contributed by atoms with Crippen LogP contribution in [0.25, 0.3) is 0 Å². The number of hydrogen-bond acceptors (Lipinski definition) is 3. The predicted molar refractivity (Wildman–Crippen MR) is 112 cm³/mol. The first-order chi connectivity index (χ1) is 14.5. The summed E-state index contributed by atoms with van der Waals surface area (Å²) in [6, 6.07) is 12.7. The molecule has 3 rings (SSSR count). The number of ether oxygens (including phenoxy) is 2. The van der Waals surface area contributed by atoms with Crippen LogP contribution in [0.1, 0.15) is 11.1 Å². The average molecular weight is 418 g/mol. The number of piperazine rings is 1. The second-order valence-electron chi connectivity index (χ2n) is 7.88. The molecule has 1 fully saturated rings. The molecule has 2 aromatic carbocycles. The molecule has 6 nitrogen and oxygen atoms in total. The summed E-state index contributed by atoms with van der Waals surface area (Å²) in [5.74, 6) is 1.28. The van der Waals surface area contributed by atoms with E-state index in [9.17, 15) is 9.18 Å². The summed E-state index contributed by atoms with van der Waals surface area (Å²) in [4.78, 5) is 17.0. The summed E-state index contributed by atoms with van der Waals surface area (Å²) in [5.41, 5.74) is 1.76. The van der Waals surface area contributed by atoms with Gasteiger partial charge in [0.25, 0.3) is 5.91 Å². The second-order valence-corrected chi connectivity index (χ2v) is 7.88. The van der Waals surface area contributed by atoms with Crippen LogP contribution in [0, 0.1) is 5.82 Å². The van der Waals surface area contributed by atoms with Crippen molar-refractivity contribution >= 4 is 5.91 Å². The molecule has 0 bridgehead atoms. The molecule has 0 aromatic heterocycles. The van der Waals surface area contributed by atoms with Gasteiger partial charge in [0.05, 0.1) is 14.2 Å². The van der Waals surface area contributed by atoms with Gasteiger partial charge in [0.1, 0.15) is 38.5 Å². The van der Waals surface area contributed by atoms with Crippen LogP contribution in [0.2, 0.25) is 0 Å². The third kappa shape index (κ3) is 5.70. The van der Waals surface area contributed by atoms with Gasteiger partial charge in [0.2, 0.25) is 0 Å². The van der Waals surface area contributed by atoms with Crippen molar-refractivity contribution in [3.05, 3.63) is 59.4 Å². The van der Waals surface area contributed by atoms with Gasteiger partial charge in [-0.2, -0.15) is 0 Å². The third-order valence-corrected chi connectivity index (χ3v) is 5.76. The van der Waals surface area contributed by atoms with E-state index in [1.165, 1.54) is 21.4 Å². The highest BCUT2D eigenvalue weighted by Crippen LogP contribution is 2.27. The maximum absolute atomic E-state index is 13.8. The first kappa shape index (κ1) is 22.1. The molecule has 0 aliphatic carbocycles. The molecule has 1 saturated heterocycles. The molecule has 162 valence electrons. The number of benzene rings is 2. The fraction of sp³-hybridized carbons (Fsp3) is 0.435. The van der Waals surface area contributed by atoms with Crippen molar-refractivity contribution in [2.75, 3.05) is 54.0 Å². The van der Waals surface area contributed by atoms with Crippen LogP contribution in [0.5, 0.6) is 11.5 Å². The Morgan fingerprint density at radius 1 is 1.00 bits per heavy atom. The lowest BCUT2D eigenvalue weighted by atomic mass is 10.1. The molecule has 0 spiro atoms. The lowest BCUT2D eigenvalue weighted by Crippen LogP contribution is -3.28. The molecule has 30 heavy (non-hydrogen) atoms. The van der Waals surface area contributed by atoms with Gasteiger partial charge in [-0.3, -0.25) is 4.79 Å². The molecule has 0 saturated carbocycles. The van der Waals surface area contributed by atoms with Gasteiger partial charge in [-0.1, -0.05) is 18.2 Å². The largest absolute Gasteiger partial charge is 0.493 e. The van der Waals surface area contributed by atoms with E-state index in [-0.39, 0.29) is 11.7 Å². The third-order valence-electron chi connectivity index (χ3n) is 5.76. The Labute approximate surface area is 177 Å². The topological polar surface area (TPSA) is 47.7 Å². The fourth-order valence-corrected chi connectivity index (χ4v) is 3.91. The molecule has 2 aromatic rings. The summed E-state index contributed by atoms with van der Waals surface area (Å²) >= 11 is 0. The standard InChI is InChI=1S/C23H30FN3O3/c1-25(16-19-6-4-5-7-20(19)24)23(28)17-27-12-10-26(11-13-27)15-18-8-9-21(29-2)22(14-18)30-3/h4-9,14H,10-13,15-17H2,1-3H3/p+2. The summed E-state index contributed by atoms with van der Waals surface area (Å²) in [6.45, 7) is 5.59. The fourth-order valence-electron chi connectivity index (χ4n) is 3.91. The molecule has 0 unspecified atom stereocenters. The molecule has 0 radical (unpaired) electrons. The number of nitrogens with zero attached hydrogens (tertiary/aromatic N) is 1. The average Bonchev–Trinajstić information content (AvgIpc) is 2.76. The minimum absolute atomic E-state index is 0.0524. The zero-order valence-electron chi connectivity index (χ0n) is 18.0. The Morgan fingerprint density at radius 3 is 2.33 bits per heavy atom. The molecule has 0 atom stereocenters. The first-order valence-corrected chi connectivity index (χ1v) is 10.4. The minimum atomic E-state index is -0.267. The first-order valence-electron chi connectivity index (χ1n) is 10.4. The lowest BCUT2D eigenvalue weighted by molar-refractivity contribution is -1.02. The van der Waals surface area contributed by atoms with Crippen LogP contribution in [0.4, 0.5) is 4.39 Å². The Bertz CT molecular complexity index is 853. The van der Waals surface area contributed by atoms with Gasteiger partial charge in [-0.15, -0.1) is 0 Å². The number of carbonyl (C=O) groups is 1. The van der Waals surface area contributed by atoms with E-state index in [2.05, 4.69) is 6.07 Å². The van der Waals surface area contributed by atoms with Crippen molar-refractivity contribution in [3.63, 3.8) is 0 Å². The number of hydrogen-bond donors (Lipinski definition) is 2. The molecule has 7 heteroatoms. The van der Waals surface area contributed by atoms with E-state index in [0.717, 1.165) is 44.2 Å². The maximum Gasteiger partial charge on any atom is 0.277 e. The van der Waals surface area contributed by atoms with E-state index < -0.39 is 0 Å². The summed E-state index contributed by atoms with van der Waals surface area (Å²) in [5, 5.41) is 0. The second kappa shape index (κ2) is 10.4. The summed E-state index contributed by atoms with van der Waals surface area (Å²) in [6.07, 6.45) is 0. The van der Waals surface area contributed by atoms with Crippen LogP contribution >= 0.6 is 0 Å². The quantitative estimate of drug-likeness (QED) is 0.625. The van der Waals surface area contributed by atoms with Gasteiger partial charge in [-0.25, -0.2) is 4.39 Å². The molecule has 1 heterocycles. The van der Waals surface area contributed by atoms with Crippen molar-refractivity contribution < 1.29 is 28.5 Å². The number of likely N-dealkylation sites (N-methyl/N-ethyl adjacent to an activating group) is 1. The zero-order valence-corrected chi connectivity index (χ0v) is 18.0. The molecule has 1 amide bonds. The van der Waals surface area contributed by atoms with Crippen LogP contribution in [0.15, 0.2) is 42.5 Å². The highest BCUT2D eigenvalue weighted by Gasteiger charge is 2.26. The van der Waals surface area contributed by atoms with E-state index in [4.69, 9.17) is 9.47 Å². The number of amides is 1. The number of rotatable bonds is 8. The highest BCUT2D eigenvalue weighted by atomic mass is 19.1. The van der Waals surface area contributed by atoms with Crippen LogP contribution in [0.3, 0.4) is 0 Å². The Morgan fingerprint density at radius 2 is 1.67 bits per heavy atom. The van der Waals surface area contributed by atoms with Gasteiger partial charge in [0.15, 0.2) is 18.0 Å². The van der Waals surface area contributed by atoms with Crippen LogP contribution in [-0.4, -0.2) is 64.8 Å². The predicted octanol–water partition coefficient (Wildman–Crippen LogP) is -0.215. The van der Waals surface area contributed by atoms with Gasteiger partial charge in [0, 0.05) is 24.7 Å².